The third kappa shape index (κ3) is 3.45. The topological polar surface area (TPSA) is 53.5 Å². The number of aromatic nitrogens is 1. The molecule has 5 nitrogen and oxygen atoms in total. The van der Waals surface area contributed by atoms with Gasteiger partial charge in [0.1, 0.15) is 5.82 Å². The molecule has 1 fully saturated rings. The summed E-state index contributed by atoms with van der Waals surface area (Å²) >= 11 is 0. The molecule has 0 spiro atoms. The Labute approximate surface area is 115 Å². The van der Waals surface area contributed by atoms with E-state index in [0.717, 1.165) is 30.9 Å². The summed E-state index contributed by atoms with van der Waals surface area (Å²) in [5, 5.41) is 0. The van der Waals surface area contributed by atoms with Crippen molar-refractivity contribution in [1.29, 1.82) is 0 Å². The van der Waals surface area contributed by atoms with Crippen molar-refractivity contribution in [2.45, 2.75) is 25.8 Å². The quantitative estimate of drug-likeness (QED) is 0.838. The average molecular weight is 283 g/mol. The molecule has 1 atom stereocenters. The lowest BCUT2D eigenvalue weighted by molar-refractivity contribution is 0.321. The van der Waals surface area contributed by atoms with Gasteiger partial charge in [0.05, 0.1) is 6.26 Å². The maximum Gasteiger partial charge on any atom is 0.211 e. The van der Waals surface area contributed by atoms with Gasteiger partial charge in [0.25, 0.3) is 0 Å². The minimum atomic E-state index is -3.13. The van der Waals surface area contributed by atoms with Crippen molar-refractivity contribution in [2.24, 2.45) is 0 Å². The lowest BCUT2D eigenvalue weighted by atomic mass is 10.1. The van der Waals surface area contributed by atoms with Gasteiger partial charge in [-0.2, -0.15) is 0 Å². The number of rotatable bonds is 3. The molecule has 19 heavy (non-hydrogen) atoms. The molecular formula is C13H21N3O2S. The molecule has 1 aromatic rings. The van der Waals surface area contributed by atoms with Crippen molar-refractivity contribution in [3.8, 4) is 0 Å². The van der Waals surface area contributed by atoms with Crippen LogP contribution in [0.4, 0.5) is 5.82 Å². The molecule has 0 saturated carbocycles. The monoisotopic (exact) mass is 283 g/mol. The van der Waals surface area contributed by atoms with Crippen molar-refractivity contribution >= 4 is 15.8 Å². The molecule has 1 aliphatic rings. The van der Waals surface area contributed by atoms with Gasteiger partial charge in [-0.3, -0.25) is 0 Å². The summed E-state index contributed by atoms with van der Waals surface area (Å²) in [5.41, 5.74) is 0.982. The van der Waals surface area contributed by atoms with Crippen LogP contribution in [0.2, 0.25) is 0 Å². The van der Waals surface area contributed by atoms with E-state index in [1.165, 1.54) is 10.6 Å². The van der Waals surface area contributed by atoms with E-state index in [1.54, 1.807) is 7.05 Å². The summed E-state index contributed by atoms with van der Waals surface area (Å²) in [6.45, 7) is 3.61. The van der Waals surface area contributed by atoms with Crippen molar-refractivity contribution in [2.75, 3.05) is 31.3 Å². The van der Waals surface area contributed by atoms with Crippen molar-refractivity contribution < 1.29 is 8.42 Å². The second-order valence-corrected chi connectivity index (χ2v) is 7.20. The molecule has 1 aromatic heterocycles. The van der Waals surface area contributed by atoms with E-state index in [-0.39, 0.29) is 6.04 Å². The Balaban J connectivity index is 2.13. The minimum Gasteiger partial charge on any atom is -0.355 e. The zero-order valence-electron chi connectivity index (χ0n) is 11.7. The molecule has 0 amide bonds. The highest BCUT2D eigenvalue weighted by Gasteiger charge is 2.28. The first-order chi connectivity index (χ1) is 8.88. The van der Waals surface area contributed by atoms with Crippen LogP contribution in [0.15, 0.2) is 18.2 Å². The molecule has 0 aliphatic carbocycles. The Morgan fingerprint density at radius 2 is 2.16 bits per heavy atom. The number of likely N-dealkylation sites (N-methyl/N-ethyl adjacent to an activating group) is 1. The van der Waals surface area contributed by atoms with Crippen LogP contribution in [0.5, 0.6) is 0 Å². The van der Waals surface area contributed by atoms with E-state index in [2.05, 4.69) is 9.88 Å². The number of pyridine rings is 1. The van der Waals surface area contributed by atoms with Gasteiger partial charge in [0.15, 0.2) is 0 Å². The standard InChI is InChI=1S/C13H21N3O2S/c1-11-6-4-8-13(14-11)16-9-5-7-12(10-16)15(2)19(3,17)18/h4,6,8,12H,5,7,9-10H2,1-3H3/t12-/m1/s1. The Morgan fingerprint density at radius 1 is 1.42 bits per heavy atom. The Bertz CT molecular complexity index is 545. The van der Waals surface area contributed by atoms with E-state index in [9.17, 15) is 8.42 Å². The van der Waals surface area contributed by atoms with Crippen molar-refractivity contribution in [1.82, 2.24) is 9.29 Å². The molecule has 1 aliphatic heterocycles. The van der Waals surface area contributed by atoms with Gasteiger partial charge in [0.2, 0.25) is 10.0 Å². The maximum atomic E-state index is 11.6. The Morgan fingerprint density at radius 3 is 2.79 bits per heavy atom. The second-order valence-electron chi connectivity index (χ2n) is 5.16. The summed E-state index contributed by atoms with van der Waals surface area (Å²) < 4.78 is 24.7. The van der Waals surface area contributed by atoms with Crippen LogP contribution >= 0.6 is 0 Å². The summed E-state index contributed by atoms with van der Waals surface area (Å²) in [6.07, 6.45) is 3.16. The van der Waals surface area contributed by atoms with E-state index in [0.29, 0.717) is 6.54 Å². The highest BCUT2D eigenvalue weighted by molar-refractivity contribution is 7.88. The summed E-state index contributed by atoms with van der Waals surface area (Å²) in [5.74, 6) is 0.937. The zero-order valence-corrected chi connectivity index (χ0v) is 12.5. The van der Waals surface area contributed by atoms with Crippen LogP contribution in [0, 0.1) is 6.92 Å². The number of hydrogen-bond donors (Lipinski definition) is 0. The third-order valence-corrected chi connectivity index (χ3v) is 4.98. The number of hydrogen-bond acceptors (Lipinski definition) is 4. The van der Waals surface area contributed by atoms with Crippen molar-refractivity contribution in [3.05, 3.63) is 23.9 Å². The van der Waals surface area contributed by atoms with E-state index >= 15 is 0 Å². The largest absolute Gasteiger partial charge is 0.355 e. The summed E-state index contributed by atoms with van der Waals surface area (Å²) in [6, 6.07) is 5.97. The zero-order chi connectivity index (χ0) is 14.0. The molecule has 2 heterocycles. The summed E-state index contributed by atoms with van der Waals surface area (Å²) in [7, 11) is -1.47. The first kappa shape index (κ1) is 14.3. The van der Waals surface area contributed by atoms with Crippen LogP contribution in [-0.4, -0.2) is 50.1 Å². The van der Waals surface area contributed by atoms with Crippen molar-refractivity contribution in [3.63, 3.8) is 0 Å². The van der Waals surface area contributed by atoms with Gasteiger partial charge in [-0.05, 0) is 31.9 Å². The highest BCUT2D eigenvalue weighted by atomic mass is 32.2. The van der Waals surface area contributed by atoms with Gasteiger partial charge >= 0.3 is 0 Å². The molecule has 0 aromatic carbocycles. The molecule has 6 heteroatoms. The van der Waals surface area contributed by atoms with Gasteiger partial charge in [-0.15, -0.1) is 0 Å². The van der Waals surface area contributed by atoms with Gasteiger partial charge < -0.3 is 4.90 Å². The fourth-order valence-corrected chi connectivity index (χ4v) is 3.15. The Hall–Kier alpha value is -1.14. The van der Waals surface area contributed by atoms with E-state index in [4.69, 9.17) is 0 Å². The predicted octanol–water partition coefficient (Wildman–Crippen LogP) is 1.25. The van der Waals surface area contributed by atoms with Gasteiger partial charge in [-0.25, -0.2) is 17.7 Å². The molecule has 0 N–H and O–H groups in total. The van der Waals surface area contributed by atoms with Crippen LogP contribution < -0.4 is 4.90 Å². The molecule has 1 saturated heterocycles. The SMILES string of the molecule is Cc1cccc(N2CCC[C@@H](N(C)S(C)(=O)=O)C2)n1. The van der Waals surface area contributed by atoms with E-state index in [1.807, 2.05) is 25.1 Å². The first-order valence-electron chi connectivity index (χ1n) is 6.49. The molecular weight excluding hydrogens is 262 g/mol. The average Bonchev–Trinajstić information content (AvgIpc) is 2.37. The Kier molecular flexibility index (Phi) is 4.10. The third-order valence-electron chi connectivity index (χ3n) is 3.63. The fourth-order valence-electron chi connectivity index (χ4n) is 2.44. The molecule has 0 radical (unpaired) electrons. The number of nitrogens with zero attached hydrogens (tertiary/aromatic N) is 3. The number of aryl methyl sites for hydroxylation is 1. The highest BCUT2D eigenvalue weighted by Crippen LogP contribution is 2.21. The molecule has 0 bridgehead atoms. The predicted molar refractivity (Wildman–Crippen MR) is 76.8 cm³/mol. The second kappa shape index (κ2) is 5.46. The lowest BCUT2D eigenvalue weighted by Crippen LogP contribution is -2.48. The smallest absolute Gasteiger partial charge is 0.211 e. The lowest BCUT2D eigenvalue weighted by Gasteiger charge is -2.37. The first-order valence-corrected chi connectivity index (χ1v) is 8.34. The van der Waals surface area contributed by atoms with E-state index < -0.39 is 10.0 Å². The molecule has 0 unspecified atom stereocenters. The maximum absolute atomic E-state index is 11.6. The number of sulfonamides is 1. The molecule has 106 valence electrons. The van der Waals surface area contributed by atoms with Gasteiger partial charge in [-0.1, -0.05) is 6.07 Å². The normalized spacial score (nSPS) is 20.8. The van der Waals surface area contributed by atoms with Crippen LogP contribution in [0.25, 0.3) is 0 Å². The van der Waals surface area contributed by atoms with Crippen LogP contribution in [-0.2, 0) is 10.0 Å². The number of piperidine rings is 1. The minimum absolute atomic E-state index is 0.0334. The summed E-state index contributed by atoms with van der Waals surface area (Å²) in [4.78, 5) is 6.68. The van der Waals surface area contributed by atoms with Crippen LogP contribution in [0.3, 0.4) is 0 Å². The van der Waals surface area contributed by atoms with Gasteiger partial charge in [0, 0.05) is 31.9 Å². The fraction of sp³-hybridized carbons (Fsp3) is 0.615. The van der Waals surface area contributed by atoms with Crippen LogP contribution in [0.1, 0.15) is 18.5 Å². The molecule has 2 rings (SSSR count). The number of anilines is 1.